The molecule has 0 unspecified atom stereocenters. The highest BCUT2D eigenvalue weighted by Crippen LogP contribution is 1.97. The SMILES string of the molecule is COC[C@@H](Cl)C(=O)OC. The summed E-state index contributed by atoms with van der Waals surface area (Å²) >= 11 is 5.43. The Labute approximate surface area is 58.9 Å². The normalized spacial score (nSPS) is 12.8. The predicted octanol–water partition coefficient (Wildman–Crippen LogP) is 0.413. The Balaban J connectivity index is 3.45. The molecule has 0 aliphatic heterocycles. The van der Waals surface area contributed by atoms with Crippen LogP contribution in [-0.2, 0) is 14.3 Å². The van der Waals surface area contributed by atoms with Gasteiger partial charge < -0.3 is 9.47 Å². The van der Waals surface area contributed by atoms with Gasteiger partial charge in [-0.2, -0.15) is 0 Å². The molecule has 9 heavy (non-hydrogen) atoms. The van der Waals surface area contributed by atoms with Gasteiger partial charge >= 0.3 is 5.97 Å². The predicted molar refractivity (Wildman–Crippen MR) is 33.5 cm³/mol. The van der Waals surface area contributed by atoms with E-state index in [9.17, 15) is 4.79 Å². The second-order valence-corrected chi connectivity index (χ2v) is 1.97. The molecule has 0 saturated carbocycles. The third-order valence-electron chi connectivity index (χ3n) is 0.770. The lowest BCUT2D eigenvalue weighted by Crippen LogP contribution is -2.20. The van der Waals surface area contributed by atoms with Gasteiger partial charge in [0.1, 0.15) is 0 Å². The number of carbonyl (C=O) groups is 1. The average molecular weight is 153 g/mol. The van der Waals surface area contributed by atoms with Crippen molar-refractivity contribution in [3.05, 3.63) is 0 Å². The largest absolute Gasteiger partial charge is 0.468 e. The molecular weight excluding hydrogens is 144 g/mol. The minimum absolute atomic E-state index is 0.189. The van der Waals surface area contributed by atoms with Crippen molar-refractivity contribution in [1.82, 2.24) is 0 Å². The highest BCUT2D eigenvalue weighted by atomic mass is 35.5. The van der Waals surface area contributed by atoms with Crippen molar-refractivity contribution in [2.75, 3.05) is 20.8 Å². The van der Waals surface area contributed by atoms with Crippen molar-refractivity contribution < 1.29 is 14.3 Å². The lowest BCUT2D eigenvalue weighted by Gasteiger charge is -2.03. The summed E-state index contributed by atoms with van der Waals surface area (Å²) < 4.78 is 8.91. The molecule has 0 rings (SSSR count). The molecule has 54 valence electrons. The number of rotatable bonds is 3. The Kier molecular flexibility index (Phi) is 4.44. The van der Waals surface area contributed by atoms with Crippen LogP contribution in [0.1, 0.15) is 0 Å². The molecule has 4 heteroatoms. The second-order valence-electron chi connectivity index (χ2n) is 1.45. The molecule has 0 spiro atoms. The molecule has 0 saturated heterocycles. The average Bonchev–Trinajstić information content (AvgIpc) is 1.87. The van der Waals surface area contributed by atoms with Crippen LogP contribution in [0.3, 0.4) is 0 Å². The number of hydrogen-bond acceptors (Lipinski definition) is 3. The number of hydrogen-bond donors (Lipinski definition) is 0. The molecule has 1 atom stereocenters. The van der Waals surface area contributed by atoms with Crippen LogP contribution in [0.2, 0.25) is 0 Å². The quantitative estimate of drug-likeness (QED) is 0.434. The molecule has 0 aromatic rings. The zero-order chi connectivity index (χ0) is 7.28. The Morgan fingerprint density at radius 3 is 2.56 bits per heavy atom. The molecule has 0 amide bonds. The number of methoxy groups -OCH3 is 2. The van der Waals surface area contributed by atoms with E-state index < -0.39 is 11.3 Å². The van der Waals surface area contributed by atoms with Gasteiger partial charge in [0.2, 0.25) is 0 Å². The van der Waals surface area contributed by atoms with Gasteiger partial charge in [-0.25, -0.2) is 0 Å². The van der Waals surface area contributed by atoms with Gasteiger partial charge in [-0.1, -0.05) is 0 Å². The first-order chi connectivity index (χ1) is 4.22. The third-order valence-corrected chi connectivity index (χ3v) is 1.07. The van der Waals surface area contributed by atoms with Crippen LogP contribution < -0.4 is 0 Å². The number of halogens is 1. The summed E-state index contributed by atoms with van der Waals surface area (Å²) in [5.74, 6) is -0.460. The van der Waals surface area contributed by atoms with Crippen LogP contribution in [-0.4, -0.2) is 32.2 Å². The number of esters is 1. The van der Waals surface area contributed by atoms with E-state index in [-0.39, 0.29) is 6.61 Å². The van der Waals surface area contributed by atoms with Crippen LogP contribution in [0.25, 0.3) is 0 Å². The van der Waals surface area contributed by atoms with Gasteiger partial charge in [0, 0.05) is 7.11 Å². The highest BCUT2D eigenvalue weighted by Gasteiger charge is 2.13. The number of ether oxygens (including phenoxy) is 2. The van der Waals surface area contributed by atoms with Crippen LogP contribution in [0, 0.1) is 0 Å². The maximum atomic E-state index is 10.5. The maximum absolute atomic E-state index is 10.5. The van der Waals surface area contributed by atoms with Gasteiger partial charge in [0.15, 0.2) is 5.38 Å². The maximum Gasteiger partial charge on any atom is 0.326 e. The fourth-order valence-corrected chi connectivity index (χ4v) is 0.557. The number of carbonyl (C=O) groups excluding carboxylic acids is 1. The van der Waals surface area contributed by atoms with Gasteiger partial charge in [-0.15, -0.1) is 11.6 Å². The van der Waals surface area contributed by atoms with Gasteiger partial charge in [-0.3, -0.25) is 4.79 Å². The lowest BCUT2D eigenvalue weighted by atomic mass is 10.4. The van der Waals surface area contributed by atoms with Crippen molar-refractivity contribution in [3.63, 3.8) is 0 Å². The Morgan fingerprint density at radius 1 is 1.67 bits per heavy atom. The Hall–Kier alpha value is -0.280. The zero-order valence-corrected chi connectivity index (χ0v) is 6.14. The third kappa shape index (κ3) is 3.32. The van der Waals surface area contributed by atoms with Crippen molar-refractivity contribution in [1.29, 1.82) is 0 Å². The molecule has 0 aliphatic rings. The lowest BCUT2D eigenvalue weighted by molar-refractivity contribution is -0.141. The summed E-state index contributed by atoms with van der Waals surface area (Å²) in [6.07, 6.45) is 0. The van der Waals surface area contributed by atoms with Crippen molar-refractivity contribution >= 4 is 17.6 Å². The molecule has 0 aromatic heterocycles. The van der Waals surface area contributed by atoms with E-state index in [0.29, 0.717) is 0 Å². The Morgan fingerprint density at radius 2 is 2.22 bits per heavy atom. The van der Waals surface area contributed by atoms with Crippen LogP contribution in [0.4, 0.5) is 0 Å². The summed E-state index contributed by atoms with van der Waals surface area (Å²) in [7, 11) is 2.76. The van der Waals surface area contributed by atoms with Crippen molar-refractivity contribution in [2.45, 2.75) is 5.38 Å². The van der Waals surface area contributed by atoms with E-state index in [0.717, 1.165) is 0 Å². The van der Waals surface area contributed by atoms with E-state index in [1.165, 1.54) is 14.2 Å². The summed E-state index contributed by atoms with van der Waals surface area (Å²) in [5, 5.41) is -0.681. The minimum atomic E-state index is -0.681. The van der Waals surface area contributed by atoms with Crippen LogP contribution in [0.5, 0.6) is 0 Å². The first kappa shape index (κ1) is 8.72. The Bertz CT molecular complexity index is 94.2. The molecule has 0 aliphatic carbocycles. The first-order valence-electron chi connectivity index (χ1n) is 2.43. The van der Waals surface area contributed by atoms with Crippen molar-refractivity contribution in [2.24, 2.45) is 0 Å². The van der Waals surface area contributed by atoms with E-state index in [4.69, 9.17) is 11.6 Å². The molecule has 0 bridgehead atoms. The molecule has 0 N–H and O–H groups in total. The first-order valence-corrected chi connectivity index (χ1v) is 2.86. The molecule has 0 heterocycles. The van der Waals surface area contributed by atoms with E-state index in [1.54, 1.807) is 0 Å². The van der Waals surface area contributed by atoms with Gasteiger partial charge in [-0.05, 0) is 0 Å². The summed E-state index contributed by atoms with van der Waals surface area (Å²) in [6, 6.07) is 0. The van der Waals surface area contributed by atoms with Crippen LogP contribution >= 0.6 is 11.6 Å². The topological polar surface area (TPSA) is 35.5 Å². The minimum Gasteiger partial charge on any atom is -0.468 e. The molecular formula is C5H9ClO3. The fraction of sp³-hybridized carbons (Fsp3) is 0.800. The summed E-state index contributed by atoms with van der Waals surface area (Å²) in [4.78, 5) is 10.5. The van der Waals surface area contributed by atoms with Gasteiger partial charge in [0.05, 0.1) is 13.7 Å². The fourth-order valence-electron chi connectivity index (χ4n) is 0.342. The standard InChI is InChI=1S/C5H9ClO3/c1-8-3-4(6)5(7)9-2/h4H,3H2,1-2H3/t4-/m1/s1. The zero-order valence-electron chi connectivity index (χ0n) is 5.39. The van der Waals surface area contributed by atoms with Gasteiger partial charge in [0.25, 0.3) is 0 Å². The van der Waals surface area contributed by atoms with Crippen LogP contribution in [0.15, 0.2) is 0 Å². The smallest absolute Gasteiger partial charge is 0.326 e. The van der Waals surface area contributed by atoms with E-state index >= 15 is 0 Å². The second kappa shape index (κ2) is 4.58. The molecule has 0 fully saturated rings. The molecule has 3 nitrogen and oxygen atoms in total. The summed E-state index contributed by atoms with van der Waals surface area (Å²) in [6.45, 7) is 0.189. The molecule has 0 aromatic carbocycles. The molecule has 0 radical (unpaired) electrons. The van der Waals surface area contributed by atoms with Crippen molar-refractivity contribution in [3.8, 4) is 0 Å². The number of alkyl halides is 1. The van der Waals surface area contributed by atoms with E-state index in [2.05, 4.69) is 9.47 Å². The summed E-state index contributed by atoms with van der Waals surface area (Å²) in [5.41, 5.74) is 0. The van der Waals surface area contributed by atoms with E-state index in [1.807, 2.05) is 0 Å². The highest BCUT2D eigenvalue weighted by molar-refractivity contribution is 6.30. The monoisotopic (exact) mass is 152 g/mol.